The van der Waals surface area contributed by atoms with Crippen LogP contribution in [-0.4, -0.2) is 26.6 Å². The Kier molecular flexibility index (Phi) is 4.84. The SMILES string of the molecule is Cc1ccc(C(=O)N/N=C\c2cccn2-c2ccc([N+](=O)[O-])cc2)cn1. The average molecular weight is 349 g/mol. The fraction of sp³-hybridized carbons (Fsp3) is 0.0556. The molecule has 0 aliphatic carbocycles. The van der Waals surface area contributed by atoms with Gasteiger partial charge in [-0.25, -0.2) is 5.43 Å². The van der Waals surface area contributed by atoms with Crippen LogP contribution in [-0.2, 0) is 0 Å². The molecule has 1 N–H and O–H groups in total. The predicted molar refractivity (Wildman–Crippen MR) is 96.5 cm³/mol. The third kappa shape index (κ3) is 3.81. The van der Waals surface area contributed by atoms with E-state index in [0.29, 0.717) is 11.3 Å². The van der Waals surface area contributed by atoms with Crippen LogP contribution in [0.2, 0.25) is 0 Å². The number of benzene rings is 1. The number of nitrogens with one attached hydrogen (secondary N) is 1. The van der Waals surface area contributed by atoms with Crippen LogP contribution < -0.4 is 5.43 Å². The summed E-state index contributed by atoms with van der Waals surface area (Å²) in [7, 11) is 0. The molecule has 26 heavy (non-hydrogen) atoms. The third-order valence-corrected chi connectivity index (χ3v) is 3.66. The fourth-order valence-electron chi connectivity index (χ4n) is 2.29. The van der Waals surface area contributed by atoms with E-state index in [-0.39, 0.29) is 11.6 Å². The summed E-state index contributed by atoms with van der Waals surface area (Å²) in [6, 6.07) is 13.2. The van der Waals surface area contributed by atoms with Gasteiger partial charge in [-0.3, -0.25) is 19.9 Å². The van der Waals surface area contributed by atoms with Gasteiger partial charge in [0.1, 0.15) is 0 Å². The fourth-order valence-corrected chi connectivity index (χ4v) is 2.29. The lowest BCUT2D eigenvalue weighted by Crippen LogP contribution is -2.18. The number of hydrogen-bond acceptors (Lipinski definition) is 5. The number of nitro benzene ring substituents is 1. The molecule has 8 nitrogen and oxygen atoms in total. The minimum atomic E-state index is -0.447. The number of aromatic nitrogens is 2. The Balaban J connectivity index is 1.72. The maximum Gasteiger partial charge on any atom is 0.272 e. The number of carbonyl (C=O) groups excluding carboxylic acids is 1. The molecule has 0 aliphatic heterocycles. The standard InChI is InChI=1S/C18H15N5O3/c1-13-4-5-14(11-19-13)18(24)21-20-12-17-3-2-10-22(17)15-6-8-16(9-7-15)23(25)26/h2-12H,1H3,(H,21,24)/b20-12-. The number of rotatable bonds is 5. The number of hydrazone groups is 1. The molecule has 3 rings (SSSR count). The van der Waals surface area contributed by atoms with E-state index < -0.39 is 4.92 Å². The van der Waals surface area contributed by atoms with Gasteiger partial charge in [-0.2, -0.15) is 5.10 Å². The Morgan fingerprint density at radius 3 is 2.65 bits per heavy atom. The molecule has 3 aromatic rings. The van der Waals surface area contributed by atoms with E-state index in [9.17, 15) is 14.9 Å². The summed E-state index contributed by atoms with van der Waals surface area (Å²) in [5, 5.41) is 14.7. The predicted octanol–water partition coefficient (Wildman–Crippen LogP) is 2.85. The minimum Gasteiger partial charge on any atom is -0.316 e. The molecule has 2 heterocycles. The van der Waals surface area contributed by atoms with Crippen molar-refractivity contribution >= 4 is 17.8 Å². The molecule has 130 valence electrons. The molecule has 0 saturated carbocycles. The number of nitro groups is 1. The maximum absolute atomic E-state index is 12.0. The van der Waals surface area contributed by atoms with Gasteiger partial charge in [0.05, 0.1) is 22.4 Å². The Morgan fingerprint density at radius 2 is 2.00 bits per heavy atom. The summed E-state index contributed by atoms with van der Waals surface area (Å²) in [6.45, 7) is 1.84. The van der Waals surface area contributed by atoms with E-state index in [1.54, 1.807) is 35.0 Å². The van der Waals surface area contributed by atoms with Crippen LogP contribution in [0.3, 0.4) is 0 Å². The molecule has 0 unspecified atom stereocenters. The first-order valence-electron chi connectivity index (χ1n) is 7.73. The van der Waals surface area contributed by atoms with Gasteiger partial charge in [0.2, 0.25) is 0 Å². The van der Waals surface area contributed by atoms with E-state index >= 15 is 0 Å². The van der Waals surface area contributed by atoms with Gasteiger partial charge in [-0.1, -0.05) is 0 Å². The smallest absolute Gasteiger partial charge is 0.272 e. The second kappa shape index (κ2) is 7.39. The van der Waals surface area contributed by atoms with Gasteiger partial charge < -0.3 is 4.57 Å². The number of nitrogens with zero attached hydrogens (tertiary/aromatic N) is 4. The molecule has 2 aromatic heterocycles. The number of pyridine rings is 1. The van der Waals surface area contributed by atoms with E-state index in [2.05, 4.69) is 15.5 Å². The molecule has 1 aromatic carbocycles. The van der Waals surface area contributed by atoms with Crippen LogP contribution in [0, 0.1) is 17.0 Å². The van der Waals surface area contributed by atoms with Crippen molar-refractivity contribution in [2.75, 3.05) is 0 Å². The molecular weight excluding hydrogens is 334 g/mol. The van der Waals surface area contributed by atoms with Crippen molar-refractivity contribution in [3.05, 3.63) is 88.0 Å². The topological polar surface area (TPSA) is 102 Å². The second-order valence-corrected chi connectivity index (χ2v) is 5.46. The molecule has 0 aliphatic rings. The summed E-state index contributed by atoms with van der Waals surface area (Å²) >= 11 is 0. The summed E-state index contributed by atoms with van der Waals surface area (Å²) in [5.74, 6) is -0.359. The van der Waals surface area contributed by atoms with Gasteiger partial charge >= 0.3 is 0 Å². The number of amides is 1. The molecule has 0 spiro atoms. The van der Waals surface area contributed by atoms with Crippen molar-refractivity contribution in [1.82, 2.24) is 15.0 Å². The first-order valence-corrected chi connectivity index (χ1v) is 7.73. The van der Waals surface area contributed by atoms with Gasteiger partial charge in [-0.15, -0.1) is 0 Å². The van der Waals surface area contributed by atoms with E-state index in [1.165, 1.54) is 24.5 Å². The largest absolute Gasteiger partial charge is 0.316 e. The zero-order valence-electron chi connectivity index (χ0n) is 13.9. The van der Waals surface area contributed by atoms with Crippen LogP contribution in [0.4, 0.5) is 5.69 Å². The summed E-state index contributed by atoms with van der Waals surface area (Å²) < 4.78 is 1.80. The first-order chi connectivity index (χ1) is 12.5. The monoisotopic (exact) mass is 349 g/mol. The van der Waals surface area contributed by atoms with Crippen molar-refractivity contribution in [2.45, 2.75) is 6.92 Å². The van der Waals surface area contributed by atoms with E-state index in [1.807, 2.05) is 19.1 Å². The van der Waals surface area contributed by atoms with E-state index in [0.717, 1.165) is 11.4 Å². The normalized spacial score (nSPS) is 10.8. The highest BCUT2D eigenvalue weighted by molar-refractivity contribution is 5.94. The van der Waals surface area contributed by atoms with Crippen molar-refractivity contribution < 1.29 is 9.72 Å². The minimum absolute atomic E-state index is 0.0232. The first kappa shape index (κ1) is 17.0. The molecule has 0 radical (unpaired) electrons. The highest BCUT2D eigenvalue weighted by atomic mass is 16.6. The zero-order chi connectivity index (χ0) is 18.5. The van der Waals surface area contributed by atoms with Gasteiger partial charge in [0.15, 0.2) is 0 Å². The molecule has 0 bridgehead atoms. The Bertz CT molecular complexity index is 959. The van der Waals surface area contributed by atoms with Crippen LogP contribution in [0.5, 0.6) is 0 Å². The molecular formula is C18H15N5O3. The zero-order valence-corrected chi connectivity index (χ0v) is 13.9. The maximum atomic E-state index is 12.0. The number of aryl methyl sites for hydroxylation is 1. The number of carbonyl (C=O) groups is 1. The lowest BCUT2D eigenvalue weighted by atomic mass is 10.2. The van der Waals surface area contributed by atoms with Gasteiger partial charge in [0.25, 0.3) is 11.6 Å². The van der Waals surface area contributed by atoms with Gasteiger partial charge in [-0.05, 0) is 43.3 Å². The Hall–Kier alpha value is -3.81. The summed E-state index contributed by atoms with van der Waals surface area (Å²) in [4.78, 5) is 26.4. The van der Waals surface area contributed by atoms with Crippen LogP contribution in [0.25, 0.3) is 5.69 Å². The second-order valence-electron chi connectivity index (χ2n) is 5.46. The van der Waals surface area contributed by atoms with Crippen molar-refractivity contribution in [2.24, 2.45) is 5.10 Å². The van der Waals surface area contributed by atoms with Crippen molar-refractivity contribution in [3.8, 4) is 5.69 Å². The summed E-state index contributed by atoms with van der Waals surface area (Å²) in [5.41, 5.74) is 5.17. The molecule has 1 amide bonds. The molecule has 0 saturated heterocycles. The quantitative estimate of drug-likeness (QED) is 0.434. The number of hydrogen-bond donors (Lipinski definition) is 1. The highest BCUT2D eigenvalue weighted by Gasteiger charge is 2.07. The van der Waals surface area contributed by atoms with Crippen LogP contribution in [0.1, 0.15) is 21.7 Å². The summed E-state index contributed by atoms with van der Waals surface area (Å²) in [6.07, 6.45) is 4.79. The molecule has 0 fully saturated rings. The molecule has 0 atom stereocenters. The van der Waals surface area contributed by atoms with Crippen LogP contribution >= 0.6 is 0 Å². The van der Waals surface area contributed by atoms with Crippen molar-refractivity contribution in [1.29, 1.82) is 0 Å². The molecule has 8 heteroatoms. The van der Waals surface area contributed by atoms with Crippen molar-refractivity contribution in [3.63, 3.8) is 0 Å². The Morgan fingerprint density at radius 1 is 1.23 bits per heavy atom. The third-order valence-electron chi connectivity index (χ3n) is 3.66. The Labute approximate surface area is 149 Å². The van der Waals surface area contributed by atoms with Gasteiger partial charge in [0, 0.05) is 35.9 Å². The highest BCUT2D eigenvalue weighted by Crippen LogP contribution is 2.16. The lowest BCUT2D eigenvalue weighted by molar-refractivity contribution is -0.384. The van der Waals surface area contributed by atoms with E-state index in [4.69, 9.17) is 0 Å². The van der Waals surface area contributed by atoms with Crippen LogP contribution in [0.15, 0.2) is 66.0 Å². The lowest BCUT2D eigenvalue weighted by Gasteiger charge is -2.06. The number of non-ortho nitro benzene ring substituents is 1. The average Bonchev–Trinajstić information content (AvgIpc) is 3.10.